The van der Waals surface area contributed by atoms with E-state index in [1.165, 1.54) is 11.3 Å². The first kappa shape index (κ1) is 12.5. The van der Waals surface area contributed by atoms with E-state index in [9.17, 15) is 10.1 Å². The van der Waals surface area contributed by atoms with Crippen LogP contribution >= 0.6 is 11.3 Å². The first-order chi connectivity index (χ1) is 8.19. The molecule has 1 fully saturated rings. The van der Waals surface area contributed by atoms with Crippen LogP contribution in [0.15, 0.2) is 12.1 Å². The molecular formula is C11H16N2O3S. The molecule has 1 saturated carbocycles. The lowest BCUT2D eigenvalue weighted by atomic mass is 9.89. The topological polar surface area (TPSA) is 64.4 Å². The van der Waals surface area contributed by atoms with Crippen LogP contribution in [0.3, 0.4) is 0 Å². The Morgan fingerprint density at radius 2 is 2.35 bits per heavy atom. The summed E-state index contributed by atoms with van der Waals surface area (Å²) in [4.78, 5) is 11.2. The third-order valence-electron chi connectivity index (χ3n) is 2.89. The Balaban J connectivity index is 1.70. The summed E-state index contributed by atoms with van der Waals surface area (Å²) in [7, 11) is 0. The first-order valence-electron chi connectivity index (χ1n) is 5.77. The fourth-order valence-corrected chi connectivity index (χ4v) is 2.68. The summed E-state index contributed by atoms with van der Waals surface area (Å²) in [5.74, 6) is 0. The monoisotopic (exact) mass is 256 g/mol. The molecule has 0 bridgehead atoms. The molecule has 17 heavy (non-hydrogen) atoms. The SMILES string of the molecule is CCOC1CC(NCc2ccc([N+](=O)[O-])s2)C1. The van der Waals surface area contributed by atoms with Crippen molar-refractivity contribution in [3.63, 3.8) is 0 Å². The molecule has 1 N–H and O–H groups in total. The van der Waals surface area contributed by atoms with E-state index in [4.69, 9.17) is 4.74 Å². The fourth-order valence-electron chi connectivity index (χ4n) is 1.91. The Hall–Kier alpha value is -0.980. The van der Waals surface area contributed by atoms with Gasteiger partial charge in [-0.2, -0.15) is 0 Å². The Kier molecular flexibility index (Phi) is 4.09. The minimum atomic E-state index is -0.345. The van der Waals surface area contributed by atoms with Gasteiger partial charge in [-0.15, -0.1) is 0 Å². The van der Waals surface area contributed by atoms with Gasteiger partial charge in [0.25, 0.3) is 0 Å². The highest BCUT2D eigenvalue weighted by Gasteiger charge is 2.28. The van der Waals surface area contributed by atoms with Gasteiger partial charge in [-0.25, -0.2) is 0 Å². The Morgan fingerprint density at radius 3 is 2.94 bits per heavy atom. The molecule has 1 heterocycles. The molecule has 5 nitrogen and oxygen atoms in total. The Bertz CT molecular complexity index is 388. The number of hydrogen-bond acceptors (Lipinski definition) is 5. The Morgan fingerprint density at radius 1 is 1.59 bits per heavy atom. The summed E-state index contributed by atoms with van der Waals surface area (Å²) in [6.45, 7) is 3.49. The highest BCUT2D eigenvalue weighted by atomic mass is 32.1. The van der Waals surface area contributed by atoms with Gasteiger partial charge in [0.2, 0.25) is 0 Å². The number of nitrogens with one attached hydrogen (secondary N) is 1. The van der Waals surface area contributed by atoms with E-state index in [-0.39, 0.29) is 9.92 Å². The maximum Gasteiger partial charge on any atom is 0.324 e. The van der Waals surface area contributed by atoms with E-state index in [1.807, 2.05) is 13.0 Å². The van der Waals surface area contributed by atoms with Gasteiger partial charge in [0.1, 0.15) is 0 Å². The predicted octanol–water partition coefficient (Wildman–Crippen LogP) is 2.31. The van der Waals surface area contributed by atoms with Crippen LogP contribution in [0.25, 0.3) is 0 Å². The van der Waals surface area contributed by atoms with E-state index in [2.05, 4.69) is 5.32 Å². The maximum absolute atomic E-state index is 10.5. The van der Waals surface area contributed by atoms with Gasteiger partial charge in [0.15, 0.2) is 0 Å². The molecule has 0 atom stereocenters. The van der Waals surface area contributed by atoms with Crippen LogP contribution in [0.5, 0.6) is 0 Å². The second-order valence-electron chi connectivity index (χ2n) is 4.12. The highest BCUT2D eigenvalue weighted by Crippen LogP contribution is 2.26. The lowest BCUT2D eigenvalue weighted by Gasteiger charge is -2.35. The van der Waals surface area contributed by atoms with Gasteiger partial charge in [0, 0.05) is 30.1 Å². The molecule has 0 spiro atoms. The van der Waals surface area contributed by atoms with Gasteiger partial charge in [-0.3, -0.25) is 10.1 Å². The highest BCUT2D eigenvalue weighted by molar-refractivity contribution is 7.15. The van der Waals surface area contributed by atoms with Crippen molar-refractivity contribution in [2.24, 2.45) is 0 Å². The molecule has 1 aliphatic rings. The zero-order chi connectivity index (χ0) is 12.3. The van der Waals surface area contributed by atoms with Crippen molar-refractivity contribution in [2.45, 2.75) is 38.5 Å². The van der Waals surface area contributed by atoms with Gasteiger partial charge in [0.05, 0.1) is 11.0 Å². The second kappa shape index (κ2) is 5.57. The average molecular weight is 256 g/mol. The van der Waals surface area contributed by atoms with Crippen LogP contribution < -0.4 is 5.32 Å². The first-order valence-corrected chi connectivity index (χ1v) is 6.58. The molecule has 0 radical (unpaired) electrons. The van der Waals surface area contributed by atoms with E-state index < -0.39 is 0 Å². The minimum Gasteiger partial charge on any atom is -0.378 e. The van der Waals surface area contributed by atoms with Crippen molar-refractivity contribution >= 4 is 16.3 Å². The number of rotatable bonds is 6. The number of thiophene rings is 1. The summed E-state index contributed by atoms with van der Waals surface area (Å²) in [6.07, 6.45) is 2.48. The summed E-state index contributed by atoms with van der Waals surface area (Å²) in [5.41, 5.74) is 0. The summed E-state index contributed by atoms with van der Waals surface area (Å²) in [5, 5.41) is 14.1. The minimum absolute atomic E-state index is 0.211. The molecule has 0 amide bonds. The molecule has 94 valence electrons. The van der Waals surface area contributed by atoms with Crippen LogP contribution in [0.2, 0.25) is 0 Å². The molecule has 0 unspecified atom stereocenters. The Labute approximate surface area is 104 Å². The molecule has 0 saturated heterocycles. The molecule has 1 aromatic rings. The zero-order valence-corrected chi connectivity index (χ0v) is 10.5. The standard InChI is InChI=1S/C11H16N2O3S/c1-2-16-9-5-8(6-9)12-7-10-3-4-11(17-10)13(14)15/h3-4,8-9,12H,2,5-7H2,1H3. The summed E-state index contributed by atoms with van der Waals surface area (Å²) < 4.78 is 5.47. The molecule has 0 aliphatic heterocycles. The lowest BCUT2D eigenvalue weighted by Crippen LogP contribution is -2.44. The van der Waals surface area contributed by atoms with Crippen LogP contribution in [-0.4, -0.2) is 23.7 Å². The van der Waals surface area contributed by atoms with Crippen LogP contribution in [0.4, 0.5) is 5.00 Å². The fraction of sp³-hybridized carbons (Fsp3) is 0.636. The largest absolute Gasteiger partial charge is 0.378 e. The van der Waals surface area contributed by atoms with E-state index in [1.54, 1.807) is 6.07 Å². The average Bonchev–Trinajstić information content (AvgIpc) is 2.70. The van der Waals surface area contributed by atoms with E-state index >= 15 is 0 Å². The molecular weight excluding hydrogens is 240 g/mol. The van der Waals surface area contributed by atoms with Crippen molar-refractivity contribution in [2.75, 3.05) is 6.61 Å². The van der Waals surface area contributed by atoms with E-state index in [0.717, 1.165) is 24.3 Å². The third kappa shape index (κ3) is 3.24. The second-order valence-corrected chi connectivity index (χ2v) is 5.27. The van der Waals surface area contributed by atoms with Crippen molar-refractivity contribution in [3.05, 3.63) is 27.1 Å². The molecule has 0 aromatic carbocycles. The molecule has 2 rings (SSSR count). The van der Waals surface area contributed by atoms with Crippen LogP contribution in [0, 0.1) is 10.1 Å². The molecule has 1 aromatic heterocycles. The summed E-state index contributed by atoms with van der Waals surface area (Å²) >= 11 is 1.24. The van der Waals surface area contributed by atoms with Gasteiger partial charge in [-0.1, -0.05) is 11.3 Å². The smallest absolute Gasteiger partial charge is 0.324 e. The lowest BCUT2D eigenvalue weighted by molar-refractivity contribution is -0.380. The zero-order valence-electron chi connectivity index (χ0n) is 9.72. The van der Waals surface area contributed by atoms with Gasteiger partial charge >= 0.3 is 5.00 Å². The van der Waals surface area contributed by atoms with Crippen molar-refractivity contribution in [3.8, 4) is 0 Å². The van der Waals surface area contributed by atoms with Gasteiger partial charge < -0.3 is 10.1 Å². The summed E-state index contributed by atoms with van der Waals surface area (Å²) in [6, 6.07) is 3.87. The third-order valence-corrected chi connectivity index (χ3v) is 3.93. The number of nitro groups is 1. The van der Waals surface area contributed by atoms with E-state index in [0.29, 0.717) is 18.7 Å². The predicted molar refractivity (Wildman–Crippen MR) is 66.2 cm³/mol. The molecule has 1 aliphatic carbocycles. The normalized spacial score (nSPS) is 23.4. The van der Waals surface area contributed by atoms with Crippen molar-refractivity contribution < 1.29 is 9.66 Å². The molecule has 6 heteroatoms. The van der Waals surface area contributed by atoms with Crippen molar-refractivity contribution in [1.82, 2.24) is 5.32 Å². The number of nitrogens with zero attached hydrogens (tertiary/aromatic N) is 1. The van der Waals surface area contributed by atoms with Crippen LogP contribution in [-0.2, 0) is 11.3 Å². The maximum atomic E-state index is 10.5. The number of ether oxygens (including phenoxy) is 1. The quantitative estimate of drug-likeness (QED) is 0.626. The van der Waals surface area contributed by atoms with Crippen LogP contribution in [0.1, 0.15) is 24.6 Å². The van der Waals surface area contributed by atoms with Gasteiger partial charge in [-0.05, 0) is 25.8 Å². The van der Waals surface area contributed by atoms with Crippen molar-refractivity contribution in [1.29, 1.82) is 0 Å². The number of hydrogen-bond donors (Lipinski definition) is 1.